The predicted molar refractivity (Wildman–Crippen MR) is 71.3 cm³/mol. The minimum Gasteiger partial charge on any atom is -0.477 e. The highest BCUT2D eigenvalue weighted by molar-refractivity contribution is 7.93. The average Bonchev–Trinajstić information content (AvgIpc) is 2.81. The summed E-state index contributed by atoms with van der Waals surface area (Å²) in [5, 5.41) is 13.1. The van der Waals surface area contributed by atoms with Gasteiger partial charge in [-0.1, -0.05) is 0 Å². The molecule has 0 atom stereocenters. The highest BCUT2D eigenvalue weighted by atomic mass is 32.2. The van der Waals surface area contributed by atoms with E-state index in [1.54, 1.807) is 26.2 Å². The highest BCUT2D eigenvalue weighted by Gasteiger charge is 2.27. The van der Waals surface area contributed by atoms with Crippen LogP contribution in [-0.4, -0.2) is 35.5 Å². The summed E-state index contributed by atoms with van der Waals surface area (Å²) in [4.78, 5) is 11.2. The summed E-state index contributed by atoms with van der Waals surface area (Å²) >= 11 is 0.779. The number of hydrogen-bond donors (Lipinski definition) is 1. The second-order valence-corrected chi connectivity index (χ2v) is 7.37. The minimum atomic E-state index is -3.50. The van der Waals surface area contributed by atoms with Crippen molar-refractivity contribution >= 4 is 27.1 Å². The molecule has 0 bridgehead atoms. The zero-order valence-corrected chi connectivity index (χ0v) is 12.2. The summed E-state index contributed by atoms with van der Waals surface area (Å²) in [6.45, 7) is 1.61. The maximum Gasteiger partial charge on any atom is 0.346 e. The fourth-order valence-corrected chi connectivity index (χ4v) is 4.24. The number of nitrogens with zero attached hydrogens (tertiary/aromatic N) is 2. The van der Waals surface area contributed by atoms with Gasteiger partial charge in [0.05, 0.1) is 5.69 Å². The molecule has 0 fully saturated rings. The molecule has 8 heteroatoms. The maximum atomic E-state index is 11.8. The number of aromatic nitrogens is 2. The van der Waals surface area contributed by atoms with Gasteiger partial charge in [-0.3, -0.25) is 4.68 Å². The third kappa shape index (κ3) is 2.28. The van der Waals surface area contributed by atoms with E-state index < -0.39 is 15.8 Å². The van der Waals surface area contributed by atoms with Crippen LogP contribution in [0.25, 0.3) is 11.3 Å². The molecule has 0 spiro atoms. The lowest BCUT2D eigenvalue weighted by Gasteiger charge is -2.04. The molecule has 0 amide bonds. The lowest BCUT2D eigenvalue weighted by Crippen LogP contribution is -2.00. The summed E-state index contributed by atoms with van der Waals surface area (Å²) in [6.07, 6.45) is 2.61. The van der Waals surface area contributed by atoms with Crippen LogP contribution in [0, 0.1) is 6.92 Å². The lowest BCUT2D eigenvalue weighted by atomic mass is 10.1. The molecule has 102 valence electrons. The number of carboxylic acid groups (broad SMARTS) is 1. The number of carboxylic acids is 1. The van der Waals surface area contributed by atoms with Crippen LogP contribution in [0.5, 0.6) is 0 Å². The molecule has 0 radical (unpaired) electrons. The van der Waals surface area contributed by atoms with Gasteiger partial charge in [0.15, 0.2) is 9.84 Å². The third-order valence-electron chi connectivity index (χ3n) is 2.72. The van der Waals surface area contributed by atoms with E-state index in [1.165, 1.54) is 4.68 Å². The average molecular weight is 300 g/mol. The van der Waals surface area contributed by atoms with E-state index in [0.717, 1.165) is 17.6 Å². The van der Waals surface area contributed by atoms with Crippen molar-refractivity contribution in [3.8, 4) is 11.3 Å². The highest BCUT2D eigenvalue weighted by Crippen LogP contribution is 2.39. The summed E-state index contributed by atoms with van der Waals surface area (Å²) < 4.78 is 25.3. The molecule has 0 aliphatic rings. The van der Waals surface area contributed by atoms with Crippen LogP contribution in [0.1, 0.15) is 15.2 Å². The number of carbonyl (C=O) groups is 1. The van der Waals surface area contributed by atoms with Crippen LogP contribution in [0.15, 0.2) is 16.5 Å². The molecule has 0 aliphatic carbocycles. The van der Waals surface area contributed by atoms with E-state index in [1.807, 2.05) is 0 Å². The molecule has 2 aromatic rings. The van der Waals surface area contributed by atoms with Crippen LogP contribution < -0.4 is 0 Å². The van der Waals surface area contributed by atoms with Gasteiger partial charge >= 0.3 is 5.97 Å². The van der Waals surface area contributed by atoms with Gasteiger partial charge in [0.25, 0.3) is 0 Å². The molecule has 1 N–H and O–H groups in total. The Labute approximate surface area is 114 Å². The quantitative estimate of drug-likeness (QED) is 0.929. The van der Waals surface area contributed by atoms with Crippen molar-refractivity contribution in [2.75, 3.05) is 6.26 Å². The van der Waals surface area contributed by atoms with Crippen molar-refractivity contribution in [2.45, 2.75) is 11.1 Å². The number of thiophene rings is 1. The summed E-state index contributed by atoms with van der Waals surface area (Å²) in [5.74, 6) is -1.12. The first-order valence-corrected chi connectivity index (χ1v) is 7.99. The first kappa shape index (κ1) is 13.8. The first-order chi connectivity index (χ1) is 8.73. The van der Waals surface area contributed by atoms with Crippen LogP contribution in [0.4, 0.5) is 0 Å². The van der Waals surface area contributed by atoms with Gasteiger partial charge < -0.3 is 5.11 Å². The number of aromatic carboxylic acids is 1. The Morgan fingerprint density at radius 1 is 1.47 bits per heavy atom. The molecule has 0 saturated carbocycles. The fourth-order valence-electron chi connectivity index (χ4n) is 1.87. The van der Waals surface area contributed by atoms with E-state index in [9.17, 15) is 13.2 Å². The normalized spacial score (nSPS) is 11.7. The second kappa shape index (κ2) is 4.46. The molecule has 6 nitrogen and oxygen atoms in total. The molecular formula is C11H12N2O4S2. The van der Waals surface area contributed by atoms with Gasteiger partial charge in [-0.25, -0.2) is 13.2 Å². The Kier molecular flexibility index (Phi) is 3.23. The predicted octanol–water partition coefficient (Wildman–Crippen LogP) is 1.56. The first-order valence-electron chi connectivity index (χ1n) is 5.28. The number of aryl methyl sites for hydroxylation is 1. The van der Waals surface area contributed by atoms with Gasteiger partial charge in [0.1, 0.15) is 9.09 Å². The van der Waals surface area contributed by atoms with Crippen LogP contribution in [0.3, 0.4) is 0 Å². The number of sulfone groups is 1. The molecule has 19 heavy (non-hydrogen) atoms. The molecule has 0 unspecified atom stereocenters. The third-order valence-corrected chi connectivity index (χ3v) is 5.83. The molecule has 2 aromatic heterocycles. The van der Waals surface area contributed by atoms with Crippen molar-refractivity contribution in [2.24, 2.45) is 7.05 Å². The minimum absolute atomic E-state index is 0.0385. The molecule has 2 rings (SSSR count). The number of rotatable bonds is 3. The Bertz CT molecular complexity index is 756. The van der Waals surface area contributed by atoms with Crippen molar-refractivity contribution in [3.63, 3.8) is 0 Å². The summed E-state index contributed by atoms with van der Waals surface area (Å²) in [6, 6.07) is 1.66. The molecule has 0 saturated heterocycles. The van der Waals surface area contributed by atoms with Crippen LogP contribution in [-0.2, 0) is 16.9 Å². The van der Waals surface area contributed by atoms with Gasteiger partial charge in [0, 0.05) is 25.1 Å². The fraction of sp³-hybridized carbons (Fsp3) is 0.273. The zero-order chi connectivity index (χ0) is 14.4. The smallest absolute Gasteiger partial charge is 0.346 e. The van der Waals surface area contributed by atoms with Gasteiger partial charge in [-0.05, 0) is 18.6 Å². The Morgan fingerprint density at radius 2 is 2.11 bits per heavy atom. The molecule has 0 aliphatic heterocycles. The zero-order valence-electron chi connectivity index (χ0n) is 10.5. The van der Waals surface area contributed by atoms with Crippen molar-refractivity contribution < 1.29 is 18.3 Å². The van der Waals surface area contributed by atoms with Crippen molar-refractivity contribution in [1.82, 2.24) is 9.78 Å². The van der Waals surface area contributed by atoms with E-state index in [0.29, 0.717) is 16.8 Å². The monoisotopic (exact) mass is 300 g/mol. The van der Waals surface area contributed by atoms with E-state index >= 15 is 0 Å². The Hall–Kier alpha value is -1.67. The Morgan fingerprint density at radius 3 is 2.53 bits per heavy atom. The summed E-state index contributed by atoms with van der Waals surface area (Å²) in [7, 11) is -1.82. The molecule has 0 aromatic carbocycles. The molecule has 2 heterocycles. The van der Waals surface area contributed by atoms with Gasteiger partial charge in [0.2, 0.25) is 0 Å². The van der Waals surface area contributed by atoms with Crippen molar-refractivity contribution in [3.05, 3.63) is 22.7 Å². The van der Waals surface area contributed by atoms with Gasteiger partial charge in [-0.15, -0.1) is 11.3 Å². The van der Waals surface area contributed by atoms with Gasteiger partial charge in [-0.2, -0.15) is 5.10 Å². The second-order valence-electron chi connectivity index (χ2n) is 4.14. The topological polar surface area (TPSA) is 89.3 Å². The largest absolute Gasteiger partial charge is 0.477 e. The maximum absolute atomic E-state index is 11.8. The van der Waals surface area contributed by atoms with E-state index in [2.05, 4.69) is 5.10 Å². The lowest BCUT2D eigenvalue weighted by molar-refractivity contribution is 0.0701. The molecular weight excluding hydrogens is 288 g/mol. The standard InChI is InChI=1S/C11H12N2O4S2/c1-6-8(7-4-5-12-13(7)2)11(19(3,16)17)18-9(6)10(14)15/h4-5H,1-3H3,(H,14,15). The number of hydrogen-bond acceptors (Lipinski definition) is 5. The van der Waals surface area contributed by atoms with E-state index in [-0.39, 0.29) is 9.09 Å². The van der Waals surface area contributed by atoms with Crippen molar-refractivity contribution in [1.29, 1.82) is 0 Å². The SMILES string of the molecule is Cc1c(C(=O)O)sc(S(C)(=O)=O)c1-c1ccnn1C. The summed E-state index contributed by atoms with van der Waals surface area (Å²) in [5.41, 5.74) is 1.45. The van der Waals surface area contributed by atoms with Crippen LogP contribution >= 0.6 is 11.3 Å². The Balaban J connectivity index is 2.86. The van der Waals surface area contributed by atoms with Crippen LogP contribution in [0.2, 0.25) is 0 Å². The van der Waals surface area contributed by atoms with E-state index in [4.69, 9.17) is 5.11 Å².